The Hall–Kier alpha value is -3.29. The van der Waals surface area contributed by atoms with Gasteiger partial charge in [0.1, 0.15) is 11.4 Å². The maximum absolute atomic E-state index is 6.25. The number of pyridine rings is 1. The molecule has 4 aromatic rings. The molecule has 4 rings (SSSR count). The number of nitrogens with one attached hydrogen (secondary N) is 1. The number of nitrogens with zero attached hydrogens (tertiary/aromatic N) is 4. The van der Waals surface area contributed by atoms with Crippen LogP contribution in [-0.2, 0) is 18.5 Å². The first-order valence-electron chi connectivity index (χ1n) is 10.9. The molecular weight excluding hydrogens is 430 g/mol. The Morgan fingerprint density at radius 2 is 1.70 bits per heavy atom. The lowest BCUT2D eigenvalue weighted by atomic mass is 9.86. The van der Waals surface area contributed by atoms with E-state index in [1.54, 1.807) is 6.20 Å². The van der Waals surface area contributed by atoms with Gasteiger partial charge in [0.2, 0.25) is 11.0 Å². The van der Waals surface area contributed by atoms with Gasteiger partial charge in [0.15, 0.2) is 5.82 Å². The molecule has 0 saturated heterocycles. The lowest BCUT2D eigenvalue weighted by molar-refractivity contribution is 0.312. The summed E-state index contributed by atoms with van der Waals surface area (Å²) in [6, 6.07) is 22.3. The van der Waals surface area contributed by atoms with Crippen LogP contribution in [0.2, 0.25) is 0 Å². The molecule has 0 fully saturated rings. The molecule has 170 valence electrons. The van der Waals surface area contributed by atoms with Crippen LogP contribution in [0.5, 0.6) is 11.6 Å². The van der Waals surface area contributed by atoms with Crippen molar-refractivity contribution in [2.45, 2.75) is 39.3 Å². The van der Waals surface area contributed by atoms with Gasteiger partial charge in [-0.05, 0) is 36.2 Å². The normalized spacial score (nSPS) is 11.5. The van der Waals surface area contributed by atoms with Crippen molar-refractivity contribution in [3.05, 3.63) is 89.9 Å². The van der Waals surface area contributed by atoms with E-state index in [2.05, 4.69) is 82.7 Å². The van der Waals surface area contributed by atoms with Gasteiger partial charge >= 0.3 is 0 Å². The van der Waals surface area contributed by atoms with E-state index in [0.717, 1.165) is 29.4 Å². The van der Waals surface area contributed by atoms with Gasteiger partial charge < -0.3 is 10.1 Å². The highest BCUT2D eigenvalue weighted by molar-refractivity contribution is 7.09. The molecule has 0 bridgehead atoms. The van der Waals surface area contributed by atoms with E-state index in [0.29, 0.717) is 17.6 Å². The number of aromatic nitrogens is 3. The molecule has 33 heavy (non-hydrogen) atoms. The fourth-order valence-corrected chi connectivity index (χ4v) is 4.12. The van der Waals surface area contributed by atoms with E-state index < -0.39 is 0 Å². The first-order chi connectivity index (χ1) is 15.9. The van der Waals surface area contributed by atoms with Crippen molar-refractivity contribution in [2.75, 3.05) is 12.4 Å². The smallest absolute Gasteiger partial charge is 0.243 e. The molecule has 0 aliphatic carbocycles. The summed E-state index contributed by atoms with van der Waals surface area (Å²) in [5, 5.41) is 4.04. The van der Waals surface area contributed by atoms with Crippen LogP contribution in [0.4, 0.5) is 10.8 Å². The molecule has 0 spiro atoms. The molecule has 0 aliphatic rings. The second-order valence-electron chi connectivity index (χ2n) is 9.00. The fraction of sp³-hybridized carbons (Fsp3) is 0.269. The topological polar surface area (TPSA) is 63.2 Å². The van der Waals surface area contributed by atoms with Gasteiger partial charge in [-0.15, -0.1) is 0 Å². The maximum atomic E-state index is 6.25. The Bertz CT molecular complexity index is 1190. The number of benzene rings is 2. The molecule has 7 heteroatoms. The van der Waals surface area contributed by atoms with Crippen LogP contribution in [0.3, 0.4) is 0 Å². The highest BCUT2D eigenvalue weighted by atomic mass is 32.1. The summed E-state index contributed by atoms with van der Waals surface area (Å²) in [6.07, 6.45) is 1.73. The summed E-state index contributed by atoms with van der Waals surface area (Å²) in [5.74, 6) is 2.09. The third kappa shape index (κ3) is 6.15. The molecular formula is C26H29N5OS. The summed E-state index contributed by atoms with van der Waals surface area (Å²) in [5.41, 5.74) is 3.10. The van der Waals surface area contributed by atoms with Gasteiger partial charge in [0.05, 0.1) is 6.54 Å². The van der Waals surface area contributed by atoms with Crippen LogP contribution < -0.4 is 10.1 Å². The van der Waals surface area contributed by atoms with Crippen molar-refractivity contribution >= 4 is 22.4 Å². The fourth-order valence-electron chi connectivity index (χ4n) is 3.52. The molecule has 0 unspecified atom stereocenters. The molecule has 0 atom stereocenters. The minimum Gasteiger partial charge on any atom is -0.437 e. The summed E-state index contributed by atoms with van der Waals surface area (Å²) < 4.78 is 10.8. The number of hydrogen-bond acceptors (Lipinski definition) is 7. The minimum absolute atomic E-state index is 0.0428. The average molecular weight is 460 g/mol. The van der Waals surface area contributed by atoms with E-state index >= 15 is 0 Å². The quantitative estimate of drug-likeness (QED) is 0.329. The predicted molar refractivity (Wildman–Crippen MR) is 134 cm³/mol. The van der Waals surface area contributed by atoms with E-state index in [1.807, 2.05) is 36.4 Å². The molecule has 1 N–H and O–H groups in total. The molecule has 2 aromatic heterocycles. The van der Waals surface area contributed by atoms with Gasteiger partial charge in [0.25, 0.3) is 0 Å². The van der Waals surface area contributed by atoms with Crippen LogP contribution in [0.15, 0.2) is 72.9 Å². The molecule has 0 saturated carbocycles. The first-order valence-corrected chi connectivity index (χ1v) is 11.7. The van der Waals surface area contributed by atoms with Crippen molar-refractivity contribution in [2.24, 2.45) is 0 Å². The van der Waals surface area contributed by atoms with Crippen LogP contribution in [0.1, 0.15) is 37.7 Å². The zero-order valence-corrected chi connectivity index (χ0v) is 20.3. The molecule has 2 aromatic carbocycles. The van der Waals surface area contributed by atoms with E-state index in [-0.39, 0.29) is 5.41 Å². The Balaban J connectivity index is 1.46. The summed E-state index contributed by atoms with van der Waals surface area (Å²) >= 11 is 1.33. The summed E-state index contributed by atoms with van der Waals surface area (Å²) in [4.78, 5) is 11.3. The maximum Gasteiger partial charge on any atom is 0.243 e. The van der Waals surface area contributed by atoms with Gasteiger partial charge in [-0.25, -0.2) is 9.97 Å². The standard InChI is InChI=1S/C26H29N5OS/c1-26(2,3)20-13-8-9-15-22(20)32-24-21(14-10-16-27-24)28-25-29-23(30-33-25)18-31(4)17-19-11-6-5-7-12-19/h5-16H,17-18H2,1-4H3,(H,28,29,30). The molecule has 0 radical (unpaired) electrons. The van der Waals surface area contributed by atoms with Crippen molar-refractivity contribution < 1.29 is 4.74 Å². The Morgan fingerprint density at radius 1 is 0.939 bits per heavy atom. The highest BCUT2D eigenvalue weighted by Crippen LogP contribution is 2.36. The monoisotopic (exact) mass is 459 g/mol. The van der Waals surface area contributed by atoms with Gasteiger partial charge in [0, 0.05) is 29.8 Å². The number of anilines is 2. The Kier molecular flexibility index (Phi) is 7.01. The van der Waals surface area contributed by atoms with Gasteiger partial charge in [-0.3, -0.25) is 4.90 Å². The van der Waals surface area contributed by atoms with E-state index in [1.165, 1.54) is 17.1 Å². The third-order valence-corrected chi connectivity index (χ3v) is 5.76. The number of para-hydroxylation sites is 1. The molecule has 6 nitrogen and oxygen atoms in total. The lowest BCUT2D eigenvalue weighted by Gasteiger charge is -2.22. The van der Waals surface area contributed by atoms with Crippen molar-refractivity contribution in [3.8, 4) is 11.6 Å². The minimum atomic E-state index is -0.0428. The first kappa shape index (κ1) is 22.9. The SMILES string of the molecule is CN(Cc1ccccc1)Cc1nsc(Nc2cccnc2Oc2ccccc2C(C)(C)C)n1. The second-order valence-corrected chi connectivity index (χ2v) is 9.75. The predicted octanol–water partition coefficient (Wildman–Crippen LogP) is 6.40. The Labute approximate surface area is 199 Å². The average Bonchev–Trinajstić information content (AvgIpc) is 3.22. The van der Waals surface area contributed by atoms with Crippen molar-refractivity contribution in [3.63, 3.8) is 0 Å². The van der Waals surface area contributed by atoms with Crippen molar-refractivity contribution in [1.29, 1.82) is 0 Å². The van der Waals surface area contributed by atoms with Crippen LogP contribution in [0, 0.1) is 0 Å². The summed E-state index contributed by atoms with van der Waals surface area (Å²) in [7, 11) is 2.07. The molecule has 2 heterocycles. The van der Waals surface area contributed by atoms with Crippen LogP contribution in [-0.4, -0.2) is 26.3 Å². The second kappa shape index (κ2) is 10.1. The van der Waals surface area contributed by atoms with E-state index in [4.69, 9.17) is 4.74 Å². The number of rotatable bonds is 8. The zero-order valence-electron chi connectivity index (χ0n) is 19.4. The highest BCUT2D eigenvalue weighted by Gasteiger charge is 2.20. The number of hydrogen-bond donors (Lipinski definition) is 1. The third-order valence-electron chi connectivity index (χ3n) is 5.09. The number of ether oxygens (including phenoxy) is 1. The molecule has 0 amide bonds. The van der Waals surface area contributed by atoms with E-state index in [9.17, 15) is 0 Å². The Morgan fingerprint density at radius 3 is 2.48 bits per heavy atom. The zero-order chi connectivity index (χ0) is 23.3. The van der Waals surface area contributed by atoms with Crippen LogP contribution >= 0.6 is 11.5 Å². The largest absolute Gasteiger partial charge is 0.437 e. The molecule has 0 aliphatic heterocycles. The summed E-state index contributed by atoms with van der Waals surface area (Å²) in [6.45, 7) is 8.03. The van der Waals surface area contributed by atoms with Gasteiger partial charge in [-0.1, -0.05) is 69.3 Å². The van der Waals surface area contributed by atoms with Crippen LogP contribution in [0.25, 0.3) is 0 Å². The van der Waals surface area contributed by atoms with Crippen molar-refractivity contribution in [1.82, 2.24) is 19.2 Å². The lowest BCUT2D eigenvalue weighted by Crippen LogP contribution is -2.17. The van der Waals surface area contributed by atoms with Gasteiger partial charge in [-0.2, -0.15) is 4.37 Å².